The van der Waals surface area contributed by atoms with Gasteiger partial charge in [-0.2, -0.15) is 5.26 Å². The Balaban J connectivity index is 1.47. The first-order chi connectivity index (χ1) is 13.0. The van der Waals surface area contributed by atoms with Crippen molar-refractivity contribution < 1.29 is 9.59 Å². The molecule has 6 nitrogen and oxygen atoms in total. The van der Waals surface area contributed by atoms with Crippen LogP contribution in [0.4, 0.5) is 11.5 Å². The molecule has 8 heteroatoms. The molecule has 0 aromatic carbocycles. The summed E-state index contributed by atoms with van der Waals surface area (Å²) in [6, 6.07) is 9.26. The molecule has 2 amide bonds. The van der Waals surface area contributed by atoms with E-state index in [4.69, 9.17) is 11.6 Å². The van der Waals surface area contributed by atoms with E-state index in [9.17, 15) is 14.9 Å². The molecule has 1 aliphatic heterocycles. The zero-order chi connectivity index (χ0) is 19.0. The minimum atomic E-state index is -0.884. The number of aromatic nitrogens is 1. The van der Waals surface area contributed by atoms with Gasteiger partial charge in [-0.3, -0.25) is 9.59 Å². The van der Waals surface area contributed by atoms with Crippen molar-refractivity contribution in [3.05, 3.63) is 39.7 Å². The molecular formula is C19H17ClN4O2S. The maximum absolute atomic E-state index is 12.9. The SMILES string of the molecule is N#C[C@@]1(C2CC2)CCN(c2ccnc(NC(=O)Cc3ccc(Cl)s3)c2)C1=O. The van der Waals surface area contributed by atoms with Crippen molar-refractivity contribution in [2.75, 3.05) is 16.8 Å². The van der Waals surface area contributed by atoms with E-state index in [2.05, 4.69) is 16.4 Å². The van der Waals surface area contributed by atoms with Crippen molar-refractivity contribution in [1.29, 1.82) is 5.26 Å². The number of carbonyl (C=O) groups is 2. The molecule has 138 valence electrons. The molecular weight excluding hydrogens is 384 g/mol. The highest BCUT2D eigenvalue weighted by Gasteiger charge is 2.56. The molecule has 0 radical (unpaired) electrons. The van der Waals surface area contributed by atoms with Crippen molar-refractivity contribution in [3.8, 4) is 6.07 Å². The number of carbonyl (C=O) groups excluding carboxylic acids is 2. The minimum Gasteiger partial charge on any atom is -0.311 e. The number of nitrogens with one attached hydrogen (secondary N) is 1. The topological polar surface area (TPSA) is 86.1 Å². The second-order valence-corrected chi connectivity index (χ2v) is 8.69. The lowest BCUT2D eigenvalue weighted by Gasteiger charge is -2.21. The van der Waals surface area contributed by atoms with Crippen LogP contribution < -0.4 is 10.2 Å². The number of pyridine rings is 1. The van der Waals surface area contributed by atoms with Crippen LogP contribution in [0.2, 0.25) is 4.34 Å². The van der Waals surface area contributed by atoms with Crippen LogP contribution in [0.5, 0.6) is 0 Å². The lowest BCUT2D eigenvalue weighted by Crippen LogP contribution is -2.35. The summed E-state index contributed by atoms with van der Waals surface area (Å²) in [5, 5.41) is 12.4. The predicted octanol–water partition coefficient (Wildman–Crippen LogP) is 3.63. The molecule has 0 spiro atoms. The van der Waals surface area contributed by atoms with Crippen LogP contribution in [-0.4, -0.2) is 23.3 Å². The summed E-state index contributed by atoms with van der Waals surface area (Å²) < 4.78 is 0.641. The fourth-order valence-corrected chi connectivity index (χ4v) is 4.67. The fourth-order valence-electron chi connectivity index (χ4n) is 3.58. The highest BCUT2D eigenvalue weighted by atomic mass is 35.5. The number of halogens is 1. The maximum Gasteiger partial charge on any atom is 0.247 e. The van der Waals surface area contributed by atoms with Gasteiger partial charge in [-0.15, -0.1) is 11.3 Å². The number of anilines is 2. The standard InChI is InChI=1S/C19H17ClN4O2S/c20-15-4-3-14(27-15)10-17(25)23-16-9-13(5-7-22-16)24-8-6-19(11-21,18(24)26)12-1-2-12/h3-5,7,9,12H,1-2,6,8,10H2,(H,22,23,25)/t19-/m1/s1. The molecule has 1 atom stereocenters. The van der Waals surface area contributed by atoms with Gasteiger partial charge in [0.15, 0.2) is 0 Å². The smallest absolute Gasteiger partial charge is 0.247 e. The molecule has 1 aliphatic carbocycles. The first-order valence-electron chi connectivity index (χ1n) is 8.75. The minimum absolute atomic E-state index is 0.135. The van der Waals surface area contributed by atoms with Gasteiger partial charge in [-0.1, -0.05) is 11.6 Å². The van der Waals surface area contributed by atoms with E-state index in [1.165, 1.54) is 11.3 Å². The van der Waals surface area contributed by atoms with Gasteiger partial charge in [-0.25, -0.2) is 4.98 Å². The number of thiophene rings is 1. The molecule has 1 saturated heterocycles. The van der Waals surface area contributed by atoms with Gasteiger partial charge in [0.2, 0.25) is 11.8 Å². The van der Waals surface area contributed by atoms with Gasteiger partial charge in [0.1, 0.15) is 11.2 Å². The average molecular weight is 401 g/mol. The van der Waals surface area contributed by atoms with E-state index in [1.807, 2.05) is 6.07 Å². The van der Waals surface area contributed by atoms with Crippen LogP contribution in [0.15, 0.2) is 30.5 Å². The van der Waals surface area contributed by atoms with Gasteiger partial charge in [0.25, 0.3) is 0 Å². The van der Waals surface area contributed by atoms with E-state index >= 15 is 0 Å². The summed E-state index contributed by atoms with van der Waals surface area (Å²) in [4.78, 5) is 31.8. The van der Waals surface area contributed by atoms with Gasteiger partial charge >= 0.3 is 0 Å². The van der Waals surface area contributed by atoms with Crippen LogP contribution in [0, 0.1) is 22.7 Å². The van der Waals surface area contributed by atoms with Gasteiger partial charge in [-0.05, 0) is 43.4 Å². The second-order valence-electron chi connectivity index (χ2n) is 6.89. The third-order valence-electron chi connectivity index (χ3n) is 5.12. The number of hydrogen-bond acceptors (Lipinski definition) is 5. The first kappa shape index (κ1) is 18.0. The zero-order valence-electron chi connectivity index (χ0n) is 14.4. The van der Waals surface area contributed by atoms with Crippen LogP contribution in [0.3, 0.4) is 0 Å². The van der Waals surface area contributed by atoms with E-state index in [-0.39, 0.29) is 24.2 Å². The molecule has 1 saturated carbocycles. The Bertz CT molecular complexity index is 949. The van der Waals surface area contributed by atoms with Crippen LogP contribution in [-0.2, 0) is 16.0 Å². The summed E-state index contributed by atoms with van der Waals surface area (Å²) in [6.45, 7) is 0.508. The van der Waals surface area contributed by atoms with E-state index in [0.29, 0.717) is 28.8 Å². The lowest BCUT2D eigenvalue weighted by atomic mass is 9.83. The molecule has 2 fully saturated rings. The summed E-state index contributed by atoms with van der Waals surface area (Å²) in [7, 11) is 0. The summed E-state index contributed by atoms with van der Waals surface area (Å²) in [5.41, 5.74) is -0.229. The second kappa shape index (κ2) is 6.95. The summed E-state index contributed by atoms with van der Waals surface area (Å²) >= 11 is 7.25. The summed E-state index contributed by atoms with van der Waals surface area (Å²) in [6.07, 6.45) is 4.21. The van der Waals surface area contributed by atoms with Crippen molar-refractivity contribution in [2.24, 2.45) is 11.3 Å². The Kier molecular flexibility index (Phi) is 4.62. The third kappa shape index (κ3) is 3.43. The van der Waals surface area contributed by atoms with Crippen molar-refractivity contribution in [2.45, 2.75) is 25.7 Å². The molecule has 0 unspecified atom stereocenters. The van der Waals surface area contributed by atoms with Crippen molar-refractivity contribution in [3.63, 3.8) is 0 Å². The number of amides is 2. The molecule has 0 bridgehead atoms. The highest BCUT2D eigenvalue weighted by molar-refractivity contribution is 7.16. The number of rotatable bonds is 5. The monoisotopic (exact) mass is 400 g/mol. The van der Waals surface area contributed by atoms with E-state index in [1.54, 1.807) is 29.3 Å². The third-order valence-corrected chi connectivity index (χ3v) is 6.35. The quantitative estimate of drug-likeness (QED) is 0.830. The van der Waals surface area contributed by atoms with Crippen molar-refractivity contribution >= 4 is 46.3 Å². The van der Waals surface area contributed by atoms with Crippen LogP contribution >= 0.6 is 22.9 Å². The highest BCUT2D eigenvalue weighted by Crippen LogP contribution is 2.51. The largest absolute Gasteiger partial charge is 0.311 e. The maximum atomic E-state index is 12.9. The Labute approximate surface area is 165 Å². The number of nitriles is 1. The molecule has 1 N–H and O–H groups in total. The Hall–Kier alpha value is -2.43. The molecule has 2 aromatic heterocycles. The molecule has 2 aromatic rings. The average Bonchev–Trinajstić information content (AvgIpc) is 3.34. The summed E-state index contributed by atoms with van der Waals surface area (Å²) in [5.74, 6) is 0.229. The number of nitrogens with zero attached hydrogens (tertiary/aromatic N) is 3. The van der Waals surface area contributed by atoms with Gasteiger partial charge in [0.05, 0.1) is 16.8 Å². The Morgan fingerprint density at radius 2 is 2.26 bits per heavy atom. The lowest BCUT2D eigenvalue weighted by molar-refractivity contribution is -0.123. The van der Waals surface area contributed by atoms with Crippen LogP contribution in [0.25, 0.3) is 0 Å². The molecule has 27 heavy (non-hydrogen) atoms. The normalized spacial score (nSPS) is 21.9. The Morgan fingerprint density at radius 3 is 2.93 bits per heavy atom. The first-order valence-corrected chi connectivity index (χ1v) is 9.94. The van der Waals surface area contributed by atoms with E-state index in [0.717, 1.165) is 17.7 Å². The number of hydrogen-bond donors (Lipinski definition) is 1. The van der Waals surface area contributed by atoms with E-state index < -0.39 is 5.41 Å². The van der Waals surface area contributed by atoms with Crippen LogP contribution in [0.1, 0.15) is 24.1 Å². The molecule has 3 heterocycles. The molecule has 4 rings (SSSR count). The predicted molar refractivity (Wildman–Crippen MR) is 104 cm³/mol. The van der Waals surface area contributed by atoms with Gasteiger partial charge in [0, 0.05) is 29.4 Å². The Morgan fingerprint density at radius 1 is 1.44 bits per heavy atom. The zero-order valence-corrected chi connectivity index (χ0v) is 16.0. The fraction of sp³-hybridized carbons (Fsp3) is 0.368. The molecule has 2 aliphatic rings. The van der Waals surface area contributed by atoms with Gasteiger partial charge < -0.3 is 10.2 Å². The van der Waals surface area contributed by atoms with Crippen molar-refractivity contribution in [1.82, 2.24) is 4.98 Å².